The van der Waals surface area contributed by atoms with E-state index in [4.69, 9.17) is 0 Å². The highest BCUT2D eigenvalue weighted by Gasteiger charge is 2.15. The lowest BCUT2D eigenvalue weighted by Gasteiger charge is -2.22. The van der Waals surface area contributed by atoms with Gasteiger partial charge in [-0.15, -0.1) is 0 Å². The SMILES string of the molecule is CCCN(CCC)C(=O)Cn1cc(C=O)c2ccccc21. The smallest absolute Gasteiger partial charge is 0.242 e. The van der Waals surface area contributed by atoms with Crippen molar-refractivity contribution < 1.29 is 9.59 Å². The number of aromatic nitrogens is 1. The fourth-order valence-corrected chi connectivity index (χ4v) is 2.65. The summed E-state index contributed by atoms with van der Waals surface area (Å²) < 4.78 is 1.87. The lowest BCUT2D eigenvalue weighted by molar-refractivity contribution is -0.131. The highest BCUT2D eigenvalue weighted by Crippen LogP contribution is 2.20. The molecule has 1 aromatic heterocycles. The number of para-hydroxylation sites is 1. The van der Waals surface area contributed by atoms with Crippen molar-refractivity contribution in [3.05, 3.63) is 36.0 Å². The van der Waals surface area contributed by atoms with Crippen LogP contribution in [0.25, 0.3) is 10.9 Å². The molecule has 0 aliphatic carbocycles. The second kappa shape index (κ2) is 7.07. The first-order valence-electron chi connectivity index (χ1n) is 7.52. The molecule has 0 aliphatic rings. The molecule has 2 aromatic rings. The van der Waals surface area contributed by atoms with E-state index in [0.29, 0.717) is 5.56 Å². The maximum absolute atomic E-state index is 12.5. The third-order valence-electron chi connectivity index (χ3n) is 3.59. The van der Waals surface area contributed by atoms with E-state index in [0.717, 1.165) is 43.1 Å². The van der Waals surface area contributed by atoms with Crippen molar-refractivity contribution in [2.75, 3.05) is 13.1 Å². The topological polar surface area (TPSA) is 42.3 Å². The van der Waals surface area contributed by atoms with Gasteiger partial charge in [0.1, 0.15) is 6.54 Å². The predicted molar refractivity (Wildman–Crippen MR) is 84.5 cm³/mol. The van der Waals surface area contributed by atoms with Gasteiger partial charge < -0.3 is 9.47 Å². The first-order chi connectivity index (χ1) is 10.2. The molecule has 1 amide bonds. The standard InChI is InChI=1S/C17H22N2O2/c1-3-9-18(10-4-2)17(21)12-19-11-14(13-20)15-7-5-6-8-16(15)19/h5-8,11,13H,3-4,9-10,12H2,1-2H3. The molecule has 1 aromatic carbocycles. The molecule has 0 N–H and O–H groups in total. The summed E-state index contributed by atoms with van der Waals surface area (Å²) in [5.41, 5.74) is 1.57. The molecule has 0 radical (unpaired) electrons. The van der Waals surface area contributed by atoms with E-state index >= 15 is 0 Å². The molecular formula is C17H22N2O2. The summed E-state index contributed by atoms with van der Waals surface area (Å²) >= 11 is 0. The number of benzene rings is 1. The molecule has 4 heteroatoms. The second-order valence-electron chi connectivity index (χ2n) is 5.23. The Kier molecular flexibility index (Phi) is 5.14. The van der Waals surface area contributed by atoms with Crippen molar-refractivity contribution >= 4 is 23.1 Å². The van der Waals surface area contributed by atoms with Gasteiger partial charge in [0, 0.05) is 35.8 Å². The van der Waals surface area contributed by atoms with Crippen LogP contribution in [0.15, 0.2) is 30.5 Å². The van der Waals surface area contributed by atoms with Crippen LogP contribution in [0, 0.1) is 0 Å². The molecule has 0 saturated heterocycles. The molecule has 21 heavy (non-hydrogen) atoms. The molecular weight excluding hydrogens is 264 g/mol. The van der Waals surface area contributed by atoms with Crippen LogP contribution in [0.4, 0.5) is 0 Å². The van der Waals surface area contributed by atoms with E-state index in [1.807, 2.05) is 33.7 Å². The van der Waals surface area contributed by atoms with E-state index < -0.39 is 0 Å². The zero-order valence-corrected chi connectivity index (χ0v) is 12.7. The van der Waals surface area contributed by atoms with Crippen LogP contribution in [0.2, 0.25) is 0 Å². The van der Waals surface area contributed by atoms with Crippen LogP contribution >= 0.6 is 0 Å². The molecule has 0 spiro atoms. The minimum absolute atomic E-state index is 0.108. The fraction of sp³-hybridized carbons (Fsp3) is 0.412. The van der Waals surface area contributed by atoms with Gasteiger partial charge >= 0.3 is 0 Å². The van der Waals surface area contributed by atoms with Crippen LogP contribution in [-0.2, 0) is 11.3 Å². The van der Waals surface area contributed by atoms with Crippen LogP contribution in [-0.4, -0.2) is 34.7 Å². The minimum Gasteiger partial charge on any atom is -0.341 e. The molecule has 0 unspecified atom stereocenters. The Bertz CT molecular complexity index is 625. The van der Waals surface area contributed by atoms with Gasteiger partial charge in [-0.2, -0.15) is 0 Å². The van der Waals surface area contributed by atoms with Gasteiger partial charge in [0.25, 0.3) is 0 Å². The van der Waals surface area contributed by atoms with Gasteiger partial charge in [-0.3, -0.25) is 9.59 Å². The van der Waals surface area contributed by atoms with Crippen LogP contribution < -0.4 is 0 Å². The van der Waals surface area contributed by atoms with E-state index in [1.54, 1.807) is 6.20 Å². The van der Waals surface area contributed by atoms with Crippen molar-refractivity contribution in [3.63, 3.8) is 0 Å². The lowest BCUT2D eigenvalue weighted by atomic mass is 10.2. The molecule has 0 atom stereocenters. The summed E-state index contributed by atoms with van der Waals surface area (Å²) in [7, 11) is 0. The summed E-state index contributed by atoms with van der Waals surface area (Å²) in [4.78, 5) is 25.5. The number of carbonyl (C=O) groups excluding carboxylic acids is 2. The van der Waals surface area contributed by atoms with Gasteiger partial charge in [0.2, 0.25) is 5.91 Å². The number of carbonyl (C=O) groups is 2. The average Bonchev–Trinajstić information content (AvgIpc) is 2.85. The van der Waals surface area contributed by atoms with Crippen LogP contribution in [0.3, 0.4) is 0 Å². The van der Waals surface area contributed by atoms with Gasteiger partial charge in [0.15, 0.2) is 6.29 Å². The highest BCUT2D eigenvalue weighted by atomic mass is 16.2. The first kappa shape index (κ1) is 15.3. The minimum atomic E-state index is 0.108. The molecule has 0 fully saturated rings. The summed E-state index contributed by atoms with van der Waals surface area (Å²) in [6.45, 7) is 6.00. The van der Waals surface area contributed by atoms with Crippen molar-refractivity contribution in [3.8, 4) is 0 Å². The third kappa shape index (κ3) is 3.32. The maximum atomic E-state index is 12.5. The number of nitrogens with zero attached hydrogens (tertiary/aromatic N) is 2. The number of amides is 1. The summed E-state index contributed by atoms with van der Waals surface area (Å²) in [6, 6.07) is 7.69. The maximum Gasteiger partial charge on any atom is 0.242 e. The van der Waals surface area contributed by atoms with E-state index in [1.165, 1.54) is 0 Å². The Hall–Kier alpha value is -2.10. The normalized spacial score (nSPS) is 10.8. The second-order valence-corrected chi connectivity index (χ2v) is 5.23. The zero-order valence-electron chi connectivity index (χ0n) is 12.7. The predicted octanol–water partition coefficient (Wildman–Crippen LogP) is 3.10. The Morgan fingerprint density at radius 1 is 1.19 bits per heavy atom. The molecule has 112 valence electrons. The Morgan fingerprint density at radius 3 is 2.48 bits per heavy atom. The van der Waals surface area contributed by atoms with Crippen molar-refractivity contribution in [1.29, 1.82) is 0 Å². The van der Waals surface area contributed by atoms with Crippen molar-refractivity contribution in [1.82, 2.24) is 9.47 Å². The summed E-state index contributed by atoms with van der Waals surface area (Å²) in [6.07, 6.45) is 4.53. The van der Waals surface area contributed by atoms with Crippen molar-refractivity contribution in [2.45, 2.75) is 33.2 Å². The van der Waals surface area contributed by atoms with Crippen LogP contribution in [0.1, 0.15) is 37.0 Å². The molecule has 0 saturated carbocycles. The molecule has 0 aliphatic heterocycles. The Labute approximate surface area is 125 Å². The number of aldehydes is 1. The highest BCUT2D eigenvalue weighted by molar-refractivity contribution is 5.98. The van der Waals surface area contributed by atoms with E-state index in [-0.39, 0.29) is 12.5 Å². The number of hydrogen-bond acceptors (Lipinski definition) is 2. The fourth-order valence-electron chi connectivity index (χ4n) is 2.65. The molecule has 0 bridgehead atoms. The Morgan fingerprint density at radius 2 is 1.86 bits per heavy atom. The zero-order chi connectivity index (χ0) is 15.2. The number of rotatable bonds is 7. The Balaban J connectivity index is 2.26. The van der Waals surface area contributed by atoms with Gasteiger partial charge in [-0.05, 0) is 18.9 Å². The molecule has 1 heterocycles. The largest absolute Gasteiger partial charge is 0.341 e. The van der Waals surface area contributed by atoms with Gasteiger partial charge in [-0.1, -0.05) is 32.0 Å². The lowest BCUT2D eigenvalue weighted by Crippen LogP contribution is -2.35. The summed E-state index contributed by atoms with van der Waals surface area (Å²) in [5, 5.41) is 0.901. The quantitative estimate of drug-likeness (QED) is 0.734. The van der Waals surface area contributed by atoms with Crippen molar-refractivity contribution in [2.24, 2.45) is 0 Å². The average molecular weight is 286 g/mol. The third-order valence-corrected chi connectivity index (χ3v) is 3.59. The first-order valence-corrected chi connectivity index (χ1v) is 7.52. The van der Waals surface area contributed by atoms with Gasteiger partial charge in [-0.25, -0.2) is 0 Å². The molecule has 2 rings (SSSR count). The van der Waals surface area contributed by atoms with E-state index in [9.17, 15) is 9.59 Å². The van der Waals surface area contributed by atoms with E-state index in [2.05, 4.69) is 13.8 Å². The van der Waals surface area contributed by atoms with Gasteiger partial charge in [0.05, 0.1) is 0 Å². The number of fused-ring (bicyclic) bond motifs is 1. The number of hydrogen-bond donors (Lipinski definition) is 0. The summed E-state index contributed by atoms with van der Waals surface area (Å²) in [5.74, 6) is 0.108. The molecule has 4 nitrogen and oxygen atoms in total. The monoisotopic (exact) mass is 286 g/mol. The van der Waals surface area contributed by atoms with Crippen LogP contribution in [0.5, 0.6) is 0 Å².